The van der Waals surface area contributed by atoms with E-state index in [4.69, 9.17) is 4.74 Å². The molecule has 1 aromatic rings. The average Bonchev–Trinajstić information content (AvgIpc) is 2.17. The highest BCUT2D eigenvalue weighted by Crippen LogP contribution is 2.28. The minimum atomic E-state index is -1.00. The van der Waals surface area contributed by atoms with Crippen molar-refractivity contribution in [3.05, 3.63) is 34.9 Å². The Morgan fingerprint density at radius 2 is 2.20 bits per heavy atom. The summed E-state index contributed by atoms with van der Waals surface area (Å²) < 4.78 is 5.12. The highest BCUT2D eigenvalue weighted by atomic mass is 16.6. The van der Waals surface area contributed by atoms with Gasteiger partial charge in [0, 0.05) is 6.42 Å². The number of fused-ring (bicyclic) bond motifs is 1. The smallest absolute Gasteiger partial charge is 0.339 e. The van der Waals surface area contributed by atoms with Gasteiger partial charge in [-0.25, -0.2) is 4.79 Å². The molecule has 0 fully saturated rings. The zero-order chi connectivity index (χ0) is 11.1. The maximum atomic E-state index is 11.7. The summed E-state index contributed by atoms with van der Waals surface area (Å²) in [5.74, 6) is -0.399. The number of ether oxygens (including phenoxy) is 1. The van der Waals surface area contributed by atoms with Gasteiger partial charge in [-0.2, -0.15) is 0 Å². The Bertz CT molecular complexity index is 436. The lowest BCUT2D eigenvalue weighted by Gasteiger charge is -2.30. The van der Waals surface area contributed by atoms with Gasteiger partial charge in [-0.15, -0.1) is 0 Å². The zero-order valence-electron chi connectivity index (χ0n) is 8.74. The summed E-state index contributed by atoms with van der Waals surface area (Å²) >= 11 is 0. The van der Waals surface area contributed by atoms with Crippen molar-refractivity contribution in [2.24, 2.45) is 0 Å². The summed E-state index contributed by atoms with van der Waals surface area (Å²) in [5, 5.41) is 0. The lowest BCUT2D eigenvalue weighted by molar-refractivity contribution is -0.124. The Morgan fingerprint density at radius 3 is 2.87 bits per heavy atom. The Kier molecular flexibility index (Phi) is 2.11. The zero-order valence-corrected chi connectivity index (χ0v) is 8.74. The van der Waals surface area contributed by atoms with E-state index in [2.05, 4.69) is 0 Å². The molecule has 2 rings (SSSR count). The van der Waals surface area contributed by atoms with Crippen LogP contribution in [0.25, 0.3) is 0 Å². The number of aryl methyl sites for hydroxylation is 1. The SMILES string of the molecule is Cc1cccc2c1C(=O)OC(C)(C=O)C2. The molecule has 1 unspecified atom stereocenters. The quantitative estimate of drug-likeness (QED) is 0.516. The van der Waals surface area contributed by atoms with Crippen molar-refractivity contribution < 1.29 is 14.3 Å². The summed E-state index contributed by atoms with van der Waals surface area (Å²) in [6.45, 7) is 3.49. The fourth-order valence-electron chi connectivity index (χ4n) is 1.91. The third-order valence-corrected chi connectivity index (χ3v) is 2.68. The number of carbonyl (C=O) groups excluding carboxylic acids is 2. The van der Waals surface area contributed by atoms with Crippen molar-refractivity contribution in [2.75, 3.05) is 0 Å². The lowest BCUT2D eigenvalue weighted by atomic mass is 9.89. The number of esters is 1. The third kappa shape index (κ3) is 1.54. The predicted octanol–water partition coefficient (Wildman–Crippen LogP) is 1.67. The van der Waals surface area contributed by atoms with Crippen LogP contribution in [0.3, 0.4) is 0 Å². The van der Waals surface area contributed by atoms with Crippen molar-refractivity contribution in [2.45, 2.75) is 25.9 Å². The Balaban J connectivity index is 2.54. The van der Waals surface area contributed by atoms with E-state index in [1.807, 2.05) is 25.1 Å². The number of rotatable bonds is 1. The van der Waals surface area contributed by atoms with Gasteiger partial charge in [-0.05, 0) is 25.0 Å². The fraction of sp³-hybridized carbons (Fsp3) is 0.333. The first-order chi connectivity index (χ1) is 7.06. The van der Waals surface area contributed by atoms with Gasteiger partial charge in [-0.3, -0.25) is 4.79 Å². The molecule has 0 amide bonds. The molecule has 0 saturated carbocycles. The van der Waals surface area contributed by atoms with E-state index in [1.54, 1.807) is 6.92 Å². The first kappa shape index (κ1) is 9.90. The van der Waals surface area contributed by atoms with Crippen LogP contribution in [0.2, 0.25) is 0 Å². The number of carbonyl (C=O) groups is 2. The second-order valence-electron chi connectivity index (χ2n) is 4.11. The van der Waals surface area contributed by atoms with Crippen LogP contribution in [-0.4, -0.2) is 17.9 Å². The van der Waals surface area contributed by atoms with E-state index in [1.165, 1.54) is 0 Å². The van der Waals surface area contributed by atoms with Crippen LogP contribution < -0.4 is 0 Å². The molecular weight excluding hydrogens is 192 g/mol. The van der Waals surface area contributed by atoms with Crippen LogP contribution >= 0.6 is 0 Å². The van der Waals surface area contributed by atoms with Crippen LogP contribution in [0.4, 0.5) is 0 Å². The molecule has 0 N–H and O–H groups in total. The molecule has 0 bridgehead atoms. The maximum absolute atomic E-state index is 11.7. The minimum Gasteiger partial charge on any atom is -0.448 e. The first-order valence-electron chi connectivity index (χ1n) is 4.84. The summed E-state index contributed by atoms with van der Waals surface area (Å²) in [6, 6.07) is 5.62. The molecule has 0 aromatic heterocycles. The molecule has 1 aliphatic heterocycles. The number of aldehydes is 1. The number of benzene rings is 1. The van der Waals surface area contributed by atoms with Crippen LogP contribution in [-0.2, 0) is 16.0 Å². The molecule has 3 nitrogen and oxygen atoms in total. The molecule has 0 spiro atoms. The van der Waals surface area contributed by atoms with Crippen molar-refractivity contribution in [1.82, 2.24) is 0 Å². The van der Waals surface area contributed by atoms with Gasteiger partial charge in [-0.1, -0.05) is 18.2 Å². The van der Waals surface area contributed by atoms with Gasteiger partial charge in [0.05, 0.1) is 5.56 Å². The topological polar surface area (TPSA) is 43.4 Å². The summed E-state index contributed by atoms with van der Waals surface area (Å²) in [5.41, 5.74) is 1.39. The summed E-state index contributed by atoms with van der Waals surface area (Å²) in [4.78, 5) is 22.5. The monoisotopic (exact) mass is 204 g/mol. The van der Waals surface area contributed by atoms with Crippen LogP contribution in [0.5, 0.6) is 0 Å². The Hall–Kier alpha value is -1.64. The minimum absolute atomic E-state index is 0.399. The van der Waals surface area contributed by atoms with Crippen molar-refractivity contribution >= 4 is 12.3 Å². The maximum Gasteiger partial charge on any atom is 0.339 e. The Labute approximate surface area is 88.1 Å². The number of hydrogen-bond acceptors (Lipinski definition) is 3. The van der Waals surface area contributed by atoms with Gasteiger partial charge < -0.3 is 4.74 Å². The van der Waals surface area contributed by atoms with Gasteiger partial charge in [0.2, 0.25) is 0 Å². The van der Waals surface area contributed by atoms with Crippen LogP contribution in [0.1, 0.15) is 28.4 Å². The molecule has 78 valence electrons. The van der Waals surface area contributed by atoms with Gasteiger partial charge in [0.1, 0.15) is 0 Å². The van der Waals surface area contributed by atoms with E-state index < -0.39 is 11.6 Å². The third-order valence-electron chi connectivity index (χ3n) is 2.68. The van der Waals surface area contributed by atoms with E-state index in [0.717, 1.165) is 11.1 Å². The van der Waals surface area contributed by atoms with Crippen LogP contribution in [0.15, 0.2) is 18.2 Å². The molecule has 0 radical (unpaired) electrons. The number of cyclic esters (lactones) is 1. The fourth-order valence-corrected chi connectivity index (χ4v) is 1.91. The molecule has 1 aromatic carbocycles. The van der Waals surface area contributed by atoms with Gasteiger partial charge in [0.25, 0.3) is 0 Å². The molecule has 1 aliphatic rings. The lowest BCUT2D eigenvalue weighted by Crippen LogP contribution is -2.40. The van der Waals surface area contributed by atoms with E-state index in [9.17, 15) is 9.59 Å². The van der Waals surface area contributed by atoms with E-state index in [-0.39, 0.29) is 0 Å². The second-order valence-corrected chi connectivity index (χ2v) is 4.11. The van der Waals surface area contributed by atoms with E-state index >= 15 is 0 Å². The van der Waals surface area contributed by atoms with E-state index in [0.29, 0.717) is 18.3 Å². The molecule has 15 heavy (non-hydrogen) atoms. The highest BCUT2D eigenvalue weighted by molar-refractivity contribution is 5.95. The second kappa shape index (κ2) is 3.19. The highest BCUT2D eigenvalue weighted by Gasteiger charge is 2.36. The number of hydrogen-bond donors (Lipinski definition) is 0. The Morgan fingerprint density at radius 1 is 1.47 bits per heavy atom. The first-order valence-corrected chi connectivity index (χ1v) is 4.84. The summed E-state index contributed by atoms with van der Waals surface area (Å²) in [7, 11) is 0. The molecule has 3 heteroatoms. The van der Waals surface area contributed by atoms with Crippen LogP contribution in [0, 0.1) is 6.92 Å². The van der Waals surface area contributed by atoms with Crippen molar-refractivity contribution in [3.63, 3.8) is 0 Å². The van der Waals surface area contributed by atoms with Gasteiger partial charge in [0.15, 0.2) is 11.9 Å². The van der Waals surface area contributed by atoms with Gasteiger partial charge >= 0.3 is 5.97 Å². The predicted molar refractivity (Wildman–Crippen MR) is 54.8 cm³/mol. The molecule has 1 heterocycles. The molecule has 0 saturated heterocycles. The summed E-state index contributed by atoms with van der Waals surface area (Å²) in [6.07, 6.45) is 1.15. The molecular formula is C12H12O3. The molecule has 1 atom stereocenters. The van der Waals surface area contributed by atoms with Crippen molar-refractivity contribution in [3.8, 4) is 0 Å². The normalized spacial score (nSPS) is 24.3. The average molecular weight is 204 g/mol. The largest absolute Gasteiger partial charge is 0.448 e. The standard InChI is InChI=1S/C12H12O3/c1-8-4-3-5-9-6-12(2,7-13)15-11(14)10(8)9/h3-5,7H,6H2,1-2H3. The van der Waals surface area contributed by atoms with Crippen molar-refractivity contribution in [1.29, 1.82) is 0 Å². The molecule has 0 aliphatic carbocycles.